The second-order valence-corrected chi connectivity index (χ2v) is 22.6. The van der Waals surface area contributed by atoms with Crippen molar-refractivity contribution < 1.29 is 73.8 Å². The molecule has 2 aliphatic heterocycles. The van der Waals surface area contributed by atoms with Crippen LogP contribution in [0.2, 0.25) is 0 Å². The van der Waals surface area contributed by atoms with Crippen molar-refractivity contribution in [2.45, 2.75) is 345 Å². The minimum absolute atomic E-state index is 0.165. The van der Waals surface area contributed by atoms with Gasteiger partial charge in [0.2, 0.25) is 0 Å². The number of aliphatic hydroxyl groups is 7. The molecule has 0 saturated carbocycles. The number of unbranched alkanes of at least 4 members (excludes halogenated alkanes) is 36. The first-order valence-corrected chi connectivity index (χ1v) is 31.8. The summed E-state index contributed by atoms with van der Waals surface area (Å²) in [5.74, 6) is -0.911. The zero-order valence-corrected chi connectivity index (χ0v) is 48.7. The standard InChI is InChI=1S/C62H116O15/c1-3-5-7-9-11-13-15-17-19-21-23-24-25-26-27-29-30-32-34-36-38-40-42-44-53(64)72-47-50(75-54(65)45-43-41-39-37-35-33-31-28-22-20-18-16-14-12-10-8-6-4-2)48-73-61-60(71)58(69)56(67)52(77-61)49-74-62-59(70)57(68)55(66)51(46-63)76-62/h20,22,50-52,55-63,66-71H,3-19,21,23-49H2,1-2H3/b22-20-. The number of aliphatic hydroxyl groups excluding tert-OH is 7. The number of carbonyl (C=O) groups is 2. The molecule has 0 spiro atoms. The van der Waals surface area contributed by atoms with Crippen molar-refractivity contribution in [2.75, 3.05) is 26.4 Å². The Kier molecular flexibility index (Phi) is 45.3. The van der Waals surface area contributed by atoms with Gasteiger partial charge in [-0.3, -0.25) is 9.59 Å². The largest absolute Gasteiger partial charge is 0.462 e. The SMILES string of the molecule is CCCCCCCCC/C=C\CCCCCCCCCC(=O)OC(COC(=O)CCCCCCCCCCCCCCCCCCCCCCCCC)COC1OC(COC2OC(CO)C(O)C(O)C2O)C(O)C(O)C1O. The highest BCUT2D eigenvalue weighted by atomic mass is 16.7. The van der Waals surface area contributed by atoms with E-state index in [1.807, 2.05) is 0 Å². The number of rotatable bonds is 52. The lowest BCUT2D eigenvalue weighted by atomic mass is 9.98. The van der Waals surface area contributed by atoms with Crippen LogP contribution in [0.5, 0.6) is 0 Å². The van der Waals surface area contributed by atoms with E-state index in [1.165, 1.54) is 186 Å². The Morgan fingerprint density at radius 2 is 0.740 bits per heavy atom. The second-order valence-electron chi connectivity index (χ2n) is 22.6. The normalized spacial score (nSPS) is 24.2. The number of hydrogen-bond acceptors (Lipinski definition) is 15. The van der Waals surface area contributed by atoms with Gasteiger partial charge in [-0.05, 0) is 38.5 Å². The Hall–Kier alpha value is -1.76. The zero-order valence-electron chi connectivity index (χ0n) is 48.7. The molecule has 15 nitrogen and oxygen atoms in total. The monoisotopic (exact) mass is 1100 g/mol. The Bertz CT molecular complexity index is 1390. The van der Waals surface area contributed by atoms with E-state index in [4.69, 9.17) is 28.4 Å². The molecule has 0 amide bonds. The van der Waals surface area contributed by atoms with Gasteiger partial charge in [-0.1, -0.05) is 238 Å². The highest BCUT2D eigenvalue weighted by Gasteiger charge is 2.47. The van der Waals surface area contributed by atoms with E-state index in [2.05, 4.69) is 26.0 Å². The van der Waals surface area contributed by atoms with Gasteiger partial charge in [0.05, 0.1) is 19.8 Å². The van der Waals surface area contributed by atoms with Crippen molar-refractivity contribution in [3.8, 4) is 0 Å². The molecule has 2 rings (SSSR count). The molecule has 7 N–H and O–H groups in total. The highest BCUT2D eigenvalue weighted by molar-refractivity contribution is 5.70. The molecule has 11 unspecified atom stereocenters. The lowest BCUT2D eigenvalue weighted by Gasteiger charge is -2.42. The maximum Gasteiger partial charge on any atom is 0.306 e. The molecule has 0 aromatic carbocycles. The van der Waals surface area contributed by atoms with E-state index in [0.717, 1.165) is 51.4 Å². The van der Waals surface area contributed by atoms with Crippen LogP contribution in [0.1, 0.15) is 277 Å². The van der Waals surface area contributed by atoms with Gasteiger partial charge in [-0.2, -0.15) is 0 Å². The van der Waals surface area contributed by atoms with Crippen LogP contribution in [0, 0.1) is 0 Å². The summed E-state index contributed by atoms with van der Waals surface area (Å²) < 4.78 is 33.8. The third-order valence-electron chi connectivity index (χ3n) is 15.5. The first-order chi connectivity index (χ1) is 37.5. The second kappa shape index (κ2) is 48.9. The number of carbonyl (C=O) groups excluding carboxylic acids is 2. The van der Waals surface area contributed by atoms with Crippen LogP contribution in [0.15, 0.2) is 12.2 Å². The minimum Gasteiger partial charge on any atom is -0.462 e. The van der Waals surface area contributed by atoms with Crippen molar-refractivity contribution in [3.63, 3.8) is 0 Å². The van der Waals surface area contributed by atoms with E-state index in [-0.39, 0.29) is 26.1 Å². The van der Waals surface area contributed by atoms with E-state index in [9.17, 15) is 45.3 Å². The summed E-state index contributed by atoms with van der Waals surface area (Å²) in [4.78, 5) is 26.0. The van der Waals surface area contributed by atoms with E-state index in [1.54, 1.807) is 0 Å². The van der Waals surface area contributed by atoms with Gasteiger partial charge in [0.25, 0.3) is 0 Å². The highest BCUT2D eigenvalue weighted by Crippen LogP contribution is 2.27. The molecule has 2 aliphatic rings. The molecule has 11 atom stereocenters. The van der Waals surface area contributed by atoms with Crippen LogP contribution in [-0.4, -0.2) is 142 Å². The third kappa shape index (κ3) is 35.7. The van der Waals surface area contributed by atoms with Crippen molar-refractivity contribution in [2.24, 2.45) is 0 Å². The molecule has 0 radical (unpaired) electrons. The van der Waals surface area contributed by atoms with Gasteiger partial charge in [-0.25, -0.2) is 0 Å². The van der Waals surface area contributed by atoms with Crippen LogP contribution < -0.4 is 0 Å². The third-order valence-corrected chi connectivity index (χ3v) is 15.5. The predicted octanol–water partition coefficient (Wildman–Crippen LogP) is 11.7. The van der Waals surface area contributed by atoms with Crippen LogP contribution in [-0.2, 0) is 38.0 Å². The molecule has 2 heterocycles. The first-order valence-electron chi connectivity index (χ1n) is 31.8. The zero-order chi connectivity index (χ0) is 56.0. The van der Waals surface area contributed by atoms with E-state index in [0.29, 0.717) is 12.8 Å². The van der Waals surface area contributed by atoms with Crippen LogP contribution in [0.3, 0.4) is 0 Å². The quantitative estimate of drug-likeness (QED) is 0.0171. The van der Waals surface area contributed by atoms with Gasteiger partial charge in [0, 0.05) is 12.8 Å². The lowest BCUT2D eigenvalue weighted by Crippen LogP contribution is -2.61. The molecular formula is C62H116O15. The summed E-state index contributed by atoms with van der Waals surface area (Å²) in [7, 11) is 0. The summed E-state index contributed by atoms with van der Waals surface area (Å²) >= 11 is 0. The maximum absolute atomic E-state index is 13.1. The maximum atomic E-state index is 13.1. The number of esters is 2. The van der Waals surface area contributed by atoms with Gasteiger partial charge in [-0.15, -0.1) is 0 Å². The number of ether oxygens (including phenoxy) is 6. The molecule has 2 saturated heterocycles. The molecule has 15 heteroatoms. The summed E-state index contributed by atoms with van der Waals surface area (Å²) in [6, 6.07) is 0. The van der Waals surface area contributed by atoms with Crippen LogP contribution in [0.25, 0.3) is 0 Å². The first kappa shape index (κ1) is 71.3. The molecule has 0 aromatic rings. The van der Waals surface area contributed by atoms with Gasteiger partial charge in [0.1, 0.15) is 55.4 Å². The minimum atomic E-state index is -1.76. The molecular weight excluding hydrogens is 985 g/mol. The van der Waals surface area contributed by atoms with Crippen LogP contribution in [0.4, 0.5) is 0 Å². The molecule has 0 aliphatic carbocycles. The Balaban J connectivity index is 1.70. The topological polar surface area (TPSA) is 231 Å². The molecule has 0 bridgehead atoms. The molecule has 0 aromatic heterocycles. The van der Waals surface area contributed by atoms with Crippen molar-refractivity contribution in [1.82, 2.24) is 0 Å². The van der Waals surface area contributed by atoms with E-state index >= 15 is 0 Å². The van der Waals surface area contributed by atoms with Crippen molar-refractivity contribution in [3.05, 3.63) is 12.2 Å². The fourth-order valence-electron chi connectivity index (χ4n) is 10.3. The summed E-state index contributed by atoms with van der Waals surface area (Å²) in [5, 5.41) is 72.4. The number of allylic oxidation sites excluding steroid dienone is 2. The Labute approximate surface area is 467 Å². The van der Waals surface area contributed by atoms with Gasteiger partial charge in [0.15, 0.2) is 18.7 Å². The Morgan fingerprint density at radius 3 is 1.14 bits per heavy atom. The lowest BCUT2D eigenvalue weighted by molar-refractivity contribution is -0.332. The molecule has 2 fully saturated rings. The van der Waals surface area contributed by atoms with E-state index < -0.39 is 92.7 Å². The van der Waals surface area contributed by atoms with Gasteiger partial charge < -0.3 is 64.2 Å². The fourth-order valence-corrected chi connectivity index (χ4v) is 10.3. The van der Waals surface area contributed by atoms with Crippen LogP contribution >= 0.6 is 0 Å². The molecule has 454 valence electrons. The average Bonchev–Trinajstić information content (AvgIpc) is 3.43. The summed E-state index contributed by atoms with van der Waals surface area (Å²) in [5.41, 5.74) is 0. The molecule has 77 heavy (non-hydrogen) atoms. The smallest absolute Gasteiger partial charge is 0.306 e. The van der Waals surface area contributed by atoms with Crippen molar-refractivity contribution >= 4 is 11.9 Å². The average molecular weight is 1100 g/mol. The Morgan fingerprint density at radius 1 is 0.403 bits per heavy atom. The van der Waals surface area contributed by atoms with Crippen molar-refractivity contribution in [1.29, 1.82) is 0 Å². The summed E-state index contributed by atoms with van der Waals surface area (Å²) in [6.45, 7) is 2.65. The summed E-state index contributed by atoms with van der Waals surface area (Å²) in [6.07, 6.45) is 36.6. The fraction of sp³-hybridized carbons (Fsp3) is 0.935. The van der Waals surface area contributed by atoms with Gasteiger partial charge >= 0.3 is 11.9 Å². The number of hydrogen-bond donors (Lipinski definition) is 7. The predicted molar refractivity (Wildman–Crippen MR) is 303 cm³/mol.